The lowest BCUT2D eigenvalue weighted by Crippen LogP contribution is -2.22. The molecule has 1 aromatic rings. The maximum Gasteiger partial charge on any atom is 0.269 e. The zero-order valence-corrected chi connectivity index (χ0v) is 10.5. The van der Waals surface area contributed by atoms with Crippen molar-refractivity contribution in [2.24, 2.45) is 0 Å². The molecule has 2 rings (SSSR count). The van der Waals surface area contributed by atoms with Gasteiger partial charge in [-0.25, -0.2) is 0 Å². The van der Waals surface area contributed by atoms with E-state index in [2.05, 4.69) is 24.8 Å². The predicted molar refractivity (Wildman–Crippen MR) is 68.3 cm³/mol. The summed E-state index contributed by atoms with van der Waals surface area (Å²) in [5.41, 5.74) is 3.22. The van der Waals surface area contributed by atoms with Gasteiger partial charge in [-0.3, -0.25) is 10.1 Å². The number of anilines is 1. The molecule has 0 atom stereocenters. The molecule has 0 N–H and O–H groups in total. The molecule has 0 aromatic heterocycles. The van der Waals surface area contributed by atoms with Gasteiger partial charge < -0.3 is 4.90 Å². The third-order valence-electron chi connectivity index (χ3n) is 3.50. The first-order chi connectivity index (χ1) is 7.89. The van der Waals surface area contributed by atoms with Gasteiger partial charge in [0.25, 0.3) is 5.69 Å². The zero-order valence-electron chi connectivity index (χ0n) is 10.5. The summed E-state index contributed by atoms with van der Waals surface area (Å²) in [5.74, 6) is 0. The molecule has 1 aromatic carbocycles. The van der Waals surface area contributed by atoms with Gasteiger partial charge in [-0.05, 0) is 18.6 Å². The smallest absolute Gasteiger partial charge is 0.269 e. The minimum absolute atomic E-state index is 0.155. The molecular formula is C13H16N2O2. The molecule has 4 heteroatoms. The van der Waals surface area contributed by atoms with Crippen LogP contribution in [0.1, 0.15) is 26.3 Å². The molecule has 0 saturated heterocycles. The van der Waals surface area contributed by atoms with Gasteiger partial charge in [0.15, 0.2) is 0 Å². The van der Waals surface area contributed by atoms with Crippen LogP contribution < -0.4 is 4.90 Å². The number of allylic oxidation sites excluding steroid dienone is 2. The highest BCUT2D eigenvalue weighted by atomic mass is 16.6. The highest BCUT2D eigenvalue weighted by Crippen LogP contribution is 2.47. The molecule has 1 aliphatic rings. The fraction of sp³-hybridized carbons (Fsp3) is 0.385. The topological polar surface area (TPSA) is 46.4 Å². The van der Waals surface area contributed by atoms with Crippen LogP contribution in [0.2, 0.25) is 0 Å². The van der Waals surface area contributed by atoms with Crippen molar-refractivity contribution in [3.63, 3.8) is 0 Å². The fourth-order valence-electron chi connectivity index (χ4n) is 2.67. The van der Waals surface area contributed by atoms with Crippen LogP contribution in [0.5, 0.6) is 0 Å². The van der Waals surface area contributed by atoms with E-state index in [0.717, 1.165) is 11.3 Å². The number of non-ortho nitro benzene ring substituents is 1. The second kappa shape index (κ2) is 3.58. The lowest BCUT2D eigenvalue weighted by atomic mass is 9.83. The van der Waals surface area contributed by atoms with Gasteiger partial charge in [-0.2, -0.15) is 0 Å². The van der Waals surface area contributed by atoms with E-state index in [9.17, 15) is 10.1 Å². The number of fused-ring (bicyclic) bond motifs is 1. The molecule has 0 aliphatic carbocycles. The number of nitro groups is 1. The summed E-state index contributed by atoms with van der Waals surface area (Å²) >= 11 is 0. The SMILES string of the molecule is C/C=C1/N(C)c2ccc([N+](=O)[O-])cc2C1(C)C. The summed E-state index contributed by atoms with van der Waals surface area (Å²) in [6, 6.07) is 5.07. The van der Waals surface area contributed by atoms with Gasteiger partial charge in [-0.15, -0.1) is 0 Å². The monoisotopic (exact) mass is 232 g/mol. The van der Waals surface area contributed by atoms with Crippen molar-refractivity contribution in [3.8, 4) is 0 Å². The van der Waals surface area contributed by atoms with Crippen molar-refractivity contribution in [2.75, 3.05) is 11.9 Å². The largest absolute Gasteiger partial charge is 0.347 e. The summed E-state index contributed by atoms with van der Waals surface area (Å²) in [7, 11) is 1.99. The Bertz CT molecular complexity index is 518. The summed E-state index contributed by atoms with van der Waals surface area (Å²) in [6.07, 6.45) is 2.06. The Morgan fingerprint density at radius 2 is 2.06 bits per heavy atom. The van der Waals surface area contributed by atoms with E-state index in [1.807, 2.05) is 20.0 Å². The van der Waals surface area contributed by atoms with Gasteiger partial charge >= 0.3 is 0 Å². The lowest BCUT2D eigenvalue weighted by Gasteiger charge is -2.23. The van der Waals surface area contributed by atoms with E-state index < -0.39 is 0 Å². The van der Waals surface area contributed by atoms with Gasteiger partial charge in [-0.1, -0.05) is 19.9 Å². The molecule has 0 unspecified atom stereocenters. The lowest BCUT2D eigenvalue weighted by molar-refractivity contribution is -0.384. The predicted octanol–water partition coefficient (Wildman–Crippen LogP) is 3.23. The normalized spacial score (nSPS) is 19.5. The number of nitrogens with zero attached hydrogens (tertiary/aromatic N) is 2. The van der Waals surface area contributed by atoms with Crippen molar-refractivity contribution in [1.29, 1.82) is 0 Å². The number of likely N-dealkylation sites (N-methyl/N-ethyl adjacent to an activating group) is 1. The standard InChI is InChI=1S/C13H16N2O2/c1-5-12-13(2,3)10-8-9(15(16)17)6-7-11(10)14(12)4/h5-8H,1-4H3/b12-5+. The van der Waals surface area contributed by atoms with Gasteiger partial charge in [0.05, 0.1) is 4.92 Å². The van der Waals surface area contributed by atoms with Crippen molar-refractivity contribution in [1.82, 2.24) is 0 Å². The molecule has 4 nitrogen and oxygen atoms in total. The van der Waals surface area contributed by atoms with Gasteiger partial charge in [0, 0.05) is 36.0 Å². The number of rotatable bonds is 1. The highest BCUT2D eigenvalue weighted by molar-refractivity contribution is 5.71. The molecule has 90 valence electrons. The average Bonchev–Trinajstić information content (AvgIpc) is 2.46. The minimum Gasteiger partial charge on any atom is -0.347 e. The van der Waals surface area contributed by atoms with E-state index in [-0.39, 0.29) is 16.0 Å². The maximum atomic E-state index is 10.8. The molecule has 0 bridgehead atoms. The van der Waals surface area contributed by atoms with E-state index in [1.54, 1.807) is 12.1 Å². The van der Waals surface area contributed by atoms with Crippen LogP contribution in [0.4, 0.5) is 11.4 Å². The molecule has 0 radical (unpaired) electrons. The first kappa shape index (κ1) is 11.6. The molecule has 0 spiro atoms. The van der Waals surface area contributed by atoms with E-state index in [0.29, 0.717) is 0 Å². The van der Waals surface area contributed by atoms with Gasteiger partial charge in [0.1, 0.15) is 0 Å². The van der Waals surface area contributed by atoms with E-state index >= 15 is 0 Å². The molecule has 1 heterocycles. The number of nitro benzene ring substituents is 1. The third-order valence-corrected chi connectivity index (χ3v) is 3.50. The molecule has 0 saturated carbocycles. The second-order valence-corrected chi connectivity index (χ2v) is 4.82. The second-order valence-electron chi connectivity index (χ2n) is 4.82. The van der Waals surface area contributed by atoms with Crippen molar-refractivity contribution in [3.05, 3.63) is 45.6 Å². The van der Waals surface area contributed by atoms with Crippen molar-refractivity contribution in [2.45, 2.75) is 26.2 Å². The summed E-state index contributed by atoms with van der Waals surface area (Å²) in [5, 5.41) is 10.8. The third kappa shape index (κ3) is 1.52. The van der Waals surface area contributed by atoms with Crippen molar-refractivity contribution < 1.29 is 4.92 Å². The first-order valence-electron chi connectivity index (χ1n) is 5.59. The Hall–Kier alpha value is -1.84. The molecule has 1 aliphatic heterocycles. The van der Waals surface area contributed by atoms with Crippen LogP contribution in [0.3, 0.4) is 0 Å². The number of hydrogen-bond acceptors (Lipinski definition) is 3. The summed E-state index contributed by atoms with van der Waals surface area (Å²) in [6.45, 7) is 6.18. The zero-order chi connectivity index (χ0) is 12.8. The maximum absolute atomic E-state index is 10.8. The summed E-state index contributed by atoms with van der Waals surface area (Å²) < 4.78 is 0. The van der Waals surface area contributed by atoms with Crippen LogP contribution in [0.15, 0.2) is 30.0 Å². The Morgan fingerprint density at radius 3 is 2.59 bits per heavy atom. The Kier molecular flexibility index (Phi) is 2.45. The van der Waals surface area contributed by atoms with E-state index in [4.69, 9.17) is 0 Å². The quantitative estimate of drug-likeness (QED) is 0.551. The Labute approximate surface area is 101 Å². The molecular weight excluding hydrogens is 216 g/mol. The number of benzene rings is 1. The van der Waals surface area contributed by atoms with Gasteiger partial charge in [0.2, 0.25) is 0 Å². The minimum atomic E-state index is -0.343. The highest BCUT2D eigenvalue weighted by Gasteiger charge is 2.38. The van der Waals surface area contributed by atoms with E-state index in [1.165, 1.54) is 5.70 Å². The van der Waals surface area contributed by atoms with Crippen molar-refractivity contribution >= 4 is 11.4 Å². The van der Waals surface area contributed by atoms with Crippen LogP contribution >= 0.6 is 0 Å². The summed E-state index contributed by atoms with van der Waals surface area (Å²) in [4.78, 5) is 12.6. The number of hydrogen-bond donors (Lipinski definition) is 0. The average molecular weight is 232 g/mol. The molecule has 17 heavy (non-hydrogen) atoms. The van der Waals surface area contributed by atoms with Crippen LogP contribution in [0, 0.1) is 10.1 Å². The van der Waals surface area contributed by atoms with Crippen LogP contribution in [-0.2, 0) is 5.41 Å². The fourth-order valence-corrected chi connectivity index (χ4v) is 2.67. The molecule has 0 fully saturated rings. The Morgan fingerprint density at radius 1 is 1.41 bits per heavy atom. The van der Waals surface area contributed by atoms with Crippen LogP contribution in [-0.4, -0.2) is 12.0 Å². The molecule has 0 amide bonds. The van der Waals surface area contributed by atoms with Crippen LogP contribution in [0.25, 0.3) is 0 Å². The first-order valence-corrected chi connectivity index (χ1v) is 5.59. The Balaban J connectivity index is 2.66.